The van der Waals surface area contributed by atoms with E-state index >= 15 is 0 Å². The normalized spacial score (nSPS) is 15.9. The highest BCUT2D eigenvalue weighted by molar-refractivity contribution is 5.89. The Bertz CT molecular complexity index is 666. The summed E-state index contributed by atoms with van der Waals surface area (Å²) in [5.41, 5.74) is 2.89. The molecule has 1 nitrogen and oxygen atoms in total. The average molecular weight is 282 g/mol. The molecule has 0 atom stereocenters. The van der Waals surface area contributed by atoms with Crippen LogP contribution >= 0.6 is 0 Å². The van der Waals surface area contributed by atoms with E-state index in [1.165, 1.54) is 12.1 Å². The number of ether oxygens (including phenoxy) is 1. The number of benzene rings is 2. The van der Waals surface area contributed by atoms with E-state index in [4.69, 9.17) is 4.74 Å². The van der Waals surface area contributed by atoms with Crippen LogP contribution in [0.2, 0.25) is 0 Å². The summed E-state index contributed by atoms with van der Waals surface area (Å²) in [6, 6.07) is 14.7. The molecule has 1 aliphatic heterocycles. The fourth-order valence-corrected chi connectivity index (χ4v) is 3.00. The van der Waals surface area contributed by atoms with Crippen LogP contribution in [0.3, 0.4) is 0 Å². The maximum atomic E-state index is 13.2. The zero-order valence-electron chi connectivity index (χ0n) is 12.4. The maximum absolute atomic E-state index is 13.2. The number of fused-ring (bicyclic) bond motifs is 1. The van der Waals surface area contributed by atoms with E-state index < -0.39 is 0 Å². The van der Waals surface area contributed by atoms with Crippen molar-refractivity contribution in [2.75, 3.05) is 0 Å². The molecule has 2 heteroatoms. The minimum absolute atomic E-state index is 0.213. The molecule has 1 heterocycles. The van der Waals surface area contributed by atoms with Crippen molar-refractivity contribution in [3.8, 4) is 5.75 Å². The van der Waals surface area contributed by atoms with Gasteiger partial charge in [0.25, 0.3) is 0 Å². The van der Waals surface area contributed by atoms with E-state index in [0.29, 0.717) is 0 Å². The van der Waals surface area contributed by atoms with Crippen LogP contribution in [0.25, 0.3) is 11.6 Å². The third-order valence-corrected chi connectivity index (χ3v) is 4.31. The molecule has 0 amide bonds. The molecule has 2 aromatic carbocycles. The molecule has 0 radical (unpaired) electrons. The first-order chi connectivity index (χ1) is 10.2. The second-order valence-corrected chi connectivity index (χ2v) is 5.41. The third kappa shape index (κ3) is 2.35. The standard InChI is InChI=1S/C19H19FO/c1-3-19(4-2)17(14-9-11-16(20)12-10-14)13-15-7-5-6-8-18(15)21-19/h5-13H,3-4H2,1-2H3. The molecule has 2 aromatic rings. The van der Waals surface area contributed by atoms with Gasteiger partial charge in [-0.05, 0) is 42.7 Å². The zero-order chi connectivity index (χ0) is 14.9. The largest absolute Gasteiger partial charge is 0.482 e. The Morgan fingerprint density at radius 3 is 2.29 bits per heavy atom. The molecule has 0 unspecified atom stereocenters. The van der Waals surface area contributed by atoms with E-state index in [0.717, 1.165) is 35.3 Å². The molecule has 0 spiro atoms. The predicted octanol–water partition coefficient (Wildman–Crippen LogP) is 5.32. The van der Waals surface area contributed by atoms with Gasteiger partial charge in [0.05, 0.1) is 0 Å². The molecule has 21 heavy (non-hydrogen) atoms. The van der Waals surface area contributed by atoms with Crippen LogP contribution in [0.4, 0.5) is 4.39 Å². The highest BCUT2D eigenvalue weighted by Gasteiger charge is 2.37. The summed E-state index contributed by atoms with van der Waals surface area (Å²) >= 11 is 0. The van der Waals surface area contributed by atoms with E-state index in [1.54, 1.807) is 0 Å². The Labute approximate surface area is 125 Å². The van der Waals surface area contributed by atoms with Gasteiger partial charge in [-0.15, -0.1) is 0 Å². The first-order valence-electron chi connectivity index (χ1n) is 7.44. The van der Waals surface area contributed by atoms with Crippen molar-refractivity contribution in [2.45, 2.75) is 32.3 Å². The highest BCUT2D eigenvalue weighted by atomic mass is 19.1. The van der Waals surface area contributed by atoms with Gasteiger partial charge in [-0.25, -0.2) is 4.39 Å². The Hall–Kier alpha value is -2.09. The topological polar surface area (TPSA) is 9.23 Å². The van der Waals surface area contributed by atoms with Crippen LogP contribution in [0.15, 0.2) is 48.5 Å². The van der Waals surface area contributed by atoms with Crippen molar-refractivity contribution in [3.05, 3.63) is 65.5 Å². The second kappa shape index (κ2) is 5.36. The van der Waals surface area contributed by atoms with E-state index in [1.807, 2.05) is 36.4 Å². The lowest BCUT2D eigenvalue weighted by Gasteiger charge is -2.39. The van der Waals surface area contributed by atoms with Crippen LogP contribution < -0.4 is 4.74 Å². The van der Waals surface area contributed by atoms with Gasteiger partial charge in [0.2, 0.25) is 0 Å². The van der Waals surface area contributed by atoms with Crippen molar-refractivity contribution in [2.24, 2.45) is 0 Å². The molecule has 108 valence electrons. The smallest absolute Gasteiger partial charge is 0.134 e. The summed E-state index contributed by atoms with van der Waals surface area (Å²) in [7, 11) is 0. The maximum Gasteiger partial charge on any atom is 0.134 e. The molecular formula is C19H19FO. The first kappa shape index (κ1) is 13.9. The van der Waals surface area contributed by atoms with Crippen LogP contribution in [-0.2, 0) is 0 Å². The average Bonchev–Trinajstić information content (AvgIpc) is 2.54. The summed E-state index contributed by atoms with van der Waals surface area (Å²) in [6.07, 6.45) is 3.93. The number of halogens is 1. The molecule has 0 aliphatic carbocycles. The van der Waals surface area contributed by atoms with Crippen LogP contribution in [0, 0.1) is 5.82 Å². The summed E-state index contributed by atoms with van der Waals surface area (Å²) in [5, 5.41) is 0. The van der Waals surface area contributed by atoms with Crippen molar-refractivity contribution in [1.29, 1.82) is 0 Å². The fraction of sp³-hybridized carbons (Fsp3) is 0.263. The second-order valence-electron chi connectivity index (χ2n) is 5.41. The van der Waals surface area contributed by atoms with Crippen LogP contribution in [0.5, 0.6) is 5.75 Å². The number of rotatable bonds is 3. The molecule has 0 saturated carbocycles. The summed E-state index contributed by atoms with van der Waals surface area (Å²) in [4.78, 5) is 0. The Balaban J connectivity index is 2.17. The van der Waals surface area contributed by atoms with Gasteiger partial charge in [0.1, 0.15) is 17.2 Å². The molecule has 0 N–H and O–H groups in total. The quantitative estimate of drug-likeness (QED) is 0.740. The summed E-state index contributed by atoms with van der Waals surface area (Å²) in [6.45, 7) is 4.27. The van der Waals surface area contributed by atoms with Crippen molar-refractivity contribution < 1.29 is 9.13 Å². The SMILES string of the molecule is CCC1(CC)Oc2ccccc2C=C1c1ccc(F)cc1. The molecule has 0 bridgehead atoms. The highest BCUT2D eigenvalue weighted by Crippen LogP contribution is 2.44. The van der Waals surface area contributed by atoms with Gasteiger partial charge < -0.3 is 4.74 Å². The van der Waals surface area contributed by atoms with Gasteiger partial charge in [-0.3, -0.25) is 0 Å². The Morgan fingerprint density at radius 1 is 0.952 bits per heavy atom. The van der Waals surface area contributed by atoms with E-state index in [9.17, 15) is 4.39 Å². The minimum Gasteiger partial charge on any atom is -0.482 e. The minimum atomic E-state index is -0.341. The molecule has 0 fully saturated rings. The van der Waals surface area contributed by atoms with Gasteiger partial charge in [0, 0.05) is 11.1 Å². The van der Waals surface area contributed by atoms with Gasteiger partial charge in [-0.2, -0.15) is 0 Å². The van der Waals surface area contributed by atoms with Crippen LogP contribution in [0.1, 0.15) is 37.8 Å². The third-order valence-electron chi connectivity index (χ3n) is 4.31. The fourth-order valence-electron chi connectivity index (χ4n) is 3.00. The zero-order valence-corrected chi connectivity index (χ0v) is 12.4. The summed E-state index contributed by atoms with van der Waals surface area (Å²) in [5.74, 6) is 0.710. The van der Waals surface area contributed by atoms with Gasteiger partial charge >= 0.3 is 0 Å². The first-order valence-corrected chi connectivity index (χ1v) is 7.44. The number of hydrogen-bond acceptors (Lipinski definition) is 1. The summed E-state index contributed by atoms with van der Waals surface area (Å²) < 4.78 is 19.6. The monoisotopic (exact) mass is 282 g/mol. The Morgan fingerprint density at radius 2 is 1.62 bits per heavy atom. The lowest BCUT2D eigenvalue weighted by molar-refractivity contribution is 0.119. The molecule has 3 rings (SSSR count). The van der Waals surface area contributed by atoms with E-state index in [2.05, 4.69) is 19.9 Å². The van der Waals surface area contributed by atoms with Crippen LogP contribution in [-0.4, -0.2) is 5.60 Å². The lowest BCUT2D eigenvalue weighted by atomic mass is 9.80. The molecule has 1 aliphatic rings. The predicted molar refractivity (Wildman–Crippen MR) is 84.7 cm³/mol. The van der Waals surface area contributed by atoms with E-state index in [-0.39, 0.29) is 11.4 Å². The number of hydrogen-bond donors (Lipinski definition) is 0. The molecule has 0 saturated heterocycles. The molecule has 0 aromatic heterocycles. The van der Waals surface area contributed by atoms with Gasteiger partial charge in [0.15, 0.2) is 0 Å². The number of para-hydroxylation sites is 1. The van der Waals surface area contributed by atoms with Crippen molar-refractivity contribution >= 4 is 11.6 Å². The molecular weight excluding hydrogens is 263 g/mol. The van der Waals surface area contributed by atoms with Crippen molar-refractivity contribution in [3.63, 3.8) is 0 Å². The Kier molecular flexibility index (Phi) is 3.54. The van der Waals surface area contributed by atoms with Gasteiger partial charge in [-0.1, -0.05) is 44.2 Å². The van der Waals surface area contributed by atoms with Crippen molar-refractivity contribution in [1.82, 2.24) is 0 Å². The lowest BCUT2D eigenvalue weighted by Crippen LogP contribution is -2.38.